The number of aryl methyl sites for hydroxylation is 1. The van der Waals surface area contributed by atoms with E-state index in [0.717, 1.165) is 26.3 Å². The lowest BCUT2D eigenvalue weighted by Gasteiger charge is -2.18. The SMILES string of the molecule is Cc1ccccc1N1CC(c2nnc(NC(=O)c3sc4ccccc4c3Cl)s2)CC1=O. The smallest absolute Gasteiger partial charge is 0.269 e. The lowest BCUT2D eigenvalue weighted by Crippen LogP contribution is -2.25. The highest BCUT2D eigenvalue weighted by molar-refractivity contribution is 7.22. The number of halogens is 1. The number of nitrogens with one attached hydrogen (secondary N) is 1. The molecule has 0 aliphatic carbocycles. The number of anilines is 2. The van der Waals surface area contributed by atoms with Gasteiger partial charge < -0.3 is 4.90 Å². The lowest BCUT2D eigenvalue weighted by molar-refractivity contribution is -0.117. The van der Waals surface area contributed by atoms with Crippen molar-refractivity contribution in [1.29, 1.82) is 0 Å². The Morgan fingerprint density at radius 1 is 1.13 bits per heavy atom. The van der Waals surface area contributed by atoms with E-state index in [0.29, 0.717) is 28.0 Å². The van der Waals surface area contributed by atoms with Crippen LogP contribution in [0.4, 0.5) is 10.8 Å². The van der Waals surface area contributed by atoms with Gasteiger partial charge in [0.05, 0.1) is 5.02 Å². The van der Waals surface area contributed by atoms with Gasteiger partial charge in [-0.15, -0.1) is 21.5 Å². The number of aromatic nitrogens is 2. The molecule has 4 aromatic rings. The molecule has 9 heteroatoms. The maximum absolute atomic E-state index is 12.8. The zero-order valence-corrected chi connectivity index (χ0v) is 18.9. The van der Waals surface area contributed by atoms with Gasteiger partial charge >= 0.3 is 0 Å². The van der Waals surface area contributed by atoms with Crippen molar-refractivity contribution in [1.82, 2.24) is 10.2 Å². The highest BCUT2D eigenvalue weighted by atomic mass is 35.5. The van der Waals surface area contributed by atoms with Gasteiger partial charge in [0.25, 0.3) is 5.91 Å². The Hall–Kier alpha value is -2.81. The number of fused-ring (bicyclic) bond motifs is 1. The van der Waals surface area contributed by atoms with E-state index in [9.17, 15) is 9.59 Å². The third kappa shape index (κ3) is 3.71. The monoisotopic (exact) mass is 468 g/mol. The van der Waals surface area contributed by atoms with Gasteiger partial charge in [0.1, 0.15) is 9.88 Å². The zero-order chi connectivity index (χ0) is 21.5. The topological polar surface area (TPSA) is 75.2 Å². The quantitative estimate of drug-likeness (QED) is 0.430. The third-order valence-electron chi connectivity index (χ3n) is 5.28. The summed E-state index contributed by atoms with van der Waals surface area (Å²) in [6.07, 6.45) is 0.374. The van der Waals surface area contributed by atoms with Crippen molar-refractivity contribution in [3.63, 3.8) is 0 Å². The van der Waals surface area contributed by atoms with Gasteiger partial charge in [0.15, 0.2) is 0 Å². The number of hydrogen-bond acceptors (Lipinski definition) is 6. The van der Waals surface area contributed by atoms with Gasteiger partial charge in [-0.2, -0.15) is 0 Å². The van der Waals surface area contributed by atoms with E-state index in [1.54, 1.807) is 4.90 Å². The first-order chi connectivity index (χ1) is 15.0. The first-order valence-electron chi connectivity index (χ1n) is 9.69. The Kier molecular flexibility index (Phi) is 5.21. The molecule has 0 spiro atoms. The molecule has 1 aliphatic rings. The number of thiophene rings is 1. The summed E-state index contributed by atoms with van der Waals surface area (Å²) in [5.74, 6) is -0.293. The zero-order valence-electron chi connectivity index (χ0n) is 16.5. The lowest BCUT2D eigenvalue weighted by atomic mass is 10.1. The molecule has 1 saturated heterocycles. The number of para-hydroxylation sites is 1. The molecule has 0 radical (unpaired) electrons. The highest BCUT2D eigenvalue weighted by Gasteiger charge is 2.34. The molecule has 156 valence electrons. The predicted octanol–water partition coefficient (Wildman–Crippen LogP) is 5.49. The largest absolute Gasteiger partial charge is 0.311 e. The molecular formula is C22H17ClN4O2S2. The standard InChI is InChI=1S/C22H17ClN4O2S2/c1-12-6-2-4-8-15(12)27-11-13(10-17(27)28)21-25-26-22(31-21)24-20(29)19-18(23)14-7-3-5-9-16(14)30-19/h2-9,13H,10-11H2,1H3,(H,24,26,29). The van der Waals surface area contributed by atoms with Gasteiger partial charge in [0.2, 0.25) is 11.0 Å². The molecule has 5 rings (SSSR count). The second kappa shape index (κ2) is 8.03. The van der Waals surface area contributed by atoms with E-state index in [4.69, 9.17) is 11.6 Å². The number of rotatable bonds is 4. The minimum atomic E-state index is -0.307. The number of benzene rings is 2. The van der Waals surface area contributed by atoms with Crippen molar-refractivity contribution < 1.29 is 9.59 Å². The number of amides is 2. The van der Waals surface area contributed by atoms with Crippen molar-refractivity contribution in [3.8, 4) is 0 Å². The van der Waals surface area contributed by atoms with Crippen LogP contribution in [0.1, 0.15) is 32.6 Å². The fraction of sp³-hybridized carbons (Fsp3) is 0.182. The van der Waals surface area contributed by atoms with Gasteiger partial charge in [0, 0.05) is 34.7 Å². The van der Waals surface area contributed by atoms with Crippen LogP contribution in [-0.4, -0.2) is 28.6 Å². The van der Waals surface area contributed by atoms with Crippen molar-refractivity contribution in [2.75, 3.05) is 16.8 Å². The Labute approximate surface area is 191 Å². The van der Waals surface area contributed by atoms with Gasteiger partial charge in [-0.1, -0.05) is 59.3 Å². The Bertz CT molecular complexity index is 1320. The van der Waals surface area contributed by atoms with E-state index in [1.165, 1.54) is 22.7 Å². The summed E-state index contributed by atoms with van der Waals surface area (Å²) < 4.78 is 0.955. The molecule has 0 bridgehead atoms. The summed E-state index contributed by atoms with van der Waals surface area (Å²) in [5, 5.41) is 13.6. The summed E-state index contributed by atoms with van der Waals surface area (Å²) in [7, 11) is 0. The molecule has 0 saturated carbocycles. The molecule has 1 aliphatic heterocycles. The van der Waals surface area contributed by atoms with Crippen LogP contribution in [0.3, 0.4) is 0 Å². The summed E-state index contributed by atoms with van der Waals surface area (Å²) in [6.45, 7) is 2.54. The van der Waals surface area contributed by atoms with Gasteiger partial charge in [-0.05, 0) is 24.6 Å². The summed E-state index contributed by atoms with van der Waals surface area (Å²) in [6, 6.07) is 15.5. The molecule has 2 aromatic heterocycles. The third-order valence-corrected chi connectivity index (χ3v) is 7.96. The average Bonchev–Trinajstić information content (AvgIpc) is 3.46. The van der Waals surface area contributed by atoms with E-state index in [1.807, 2.05) is 55.5 Å². The molecule has 2 amide bonds. The van der Waals surface area contributed by atoms with Crippen LogP contribution in [0.2, 0.25) is 5.02 Å². The molecular weight excluding hydrogens is 452 g/mol. The first kappa shape index (κ1) is 20.1. The van der Waals surface area contributed by atoms with E-state index in [-0.39, 0.29) is 17.7 Å². The van der Waals surface area contributed by atoms with Crippen LogP contribution in [0.5, 0.6) is 0 Å². The van der Waals surface area contributed by atoms with Crippen LogP contribution in [0.25, 0.3) is 10.1 Å². The fourth-order valence-electron chi connectivity index (χ4n) is 3.74. The average molecular weight is 469 g/mol. The molecule has 2 aromatic carbocycles. The molecule has 6 nitrogen and oxygen atoms in total. The van der Waals surface area contributed by atoms with Crippen molar-refractivity contribution in [3.05, 3.63) is 69.0 Å². The van der Waals surface area contributed by atoms with Crippen molar-refractivity contribution >= 4 is 67.0 Å². The molecule has 1 N–H and O–H groups in total. The Morgan fingerprint density at radius 3 is 2.71 bits per heavy atom. The number of hydrogen-bond donors (Lipinski definition) is 1. The van der Waals surface area contributed by atoms with E-state index in [2.05, 4.69) is 15.5 Å². The Balaban J connectivity index is 1.32. The number of carbonyl (C=O) groups is 2. The summed E-state index contributed by atoms with van der Waals surface area (Å²) in [4.78, 5) is 27.6. The normalized spacial score (nSPS) is 16.3. The maximum atomic E-state index is 12.8. The molecule has 1 unspecified atom stereocenters. The molecule has 31 heavy (non-hydrogen) atoms. The maximum Gasteiger partial charge on any atom is 0.269 e. The van der Waals surface area contributed by atoms with Crippen LogP contribution in [0.15, 0.2) is 48.5 Å². The summed E-state index contributed by atoms with van der Waals surface area (Å²) >= 11 is 9.05. The molecule has 1 atom stereocenters. The van der Waals surface area contributed by atoms with E-state index < -0.39 is 0 Å². The minimum Gasteiger partial charge on any atom is -0.311 e. The van der Waals surface area contributed by atoms with Crippen molar-refractivity contribution in [2.45, 2.75) is 19.3 Å². The highest BCUT2D eigenvalue weighted by Crippen LogP contribution is 2.37. The minimum absolute atomic E-state index is 0.0526. The van der Waals surface area contributed by atoms with E-state index >= 15 is 0 Å². The first-order valence-corrected chi connectivity index (χ1v) is 11.7. The van der Waals surface area contributed by atoms with Crippen molar-refractivity contribution in [2.24, 2.45) is 0 Å². The number of nitrogens with zero attached hydrogens (tertiary/aromatic N) is 3. The number of carbonyl (C=O) groups excluding carboxylic acids is 2. The van der Waals surface area contributed by atoms with Gasteiger partial charge in [-0.25, -0.2) is 0 Å². The van der Waals surface area contributed by atoms with Crippen LogP contribution < -0.4 is 10.2 Å². The second-order valence-corrected chi connectivity index (χ2v) is 9.77. The van der Waals surface area contributed by atoms with Crippen LogP contribution in [0, 0.1) is 6.92 Å². The van der Waals surface area contributed by atoms with Crippen LogP contribution >= 0.6 is 34.3 Å². The van der Waals surface area contributed by atoms with Gasteiger partial charge in [-0.3, -0.25) is 14.9 Å². The van der Waals surface area contributed by atoms with Crippen LogP contribution in [-0.2, 0) is 4.79 Å². The fourth-order valence-corrected chi connectivity index (χ4v) is 5.98. The molecule has 3 heterocycles. The second-order valence-electron chi connectivity index (χ2n) is 7.33. The summed E-state index contributed by atoms with van der Waals surface area (Å²) in [5.41, 5.74) is 1.98. The Morgan fingerprint density at radius 2 is 1.90 bits per heavy atom. The predicted molar refractivity (Wildman–Crippen MR) is 126 cm³/mol. The molecule has 1 fully saturated rings.